The lowest BCUT2D eigenvalue weighted by atomic mass is 10.1. The molecule has 4 N–H and O–H groups in total. The van der Waals surface area contributed by atoms with E-state index in [-0.39, 0.29) is 11.7 Å². The molecule has 1 saturated heterocycles. The van der Waals surface area contributed by atoms with E-state index in [2.05, 4.69) is 16.0 Å². The summed E-state index contributed by atoms with van der Waals surface area (Å²) >= 11 is 0. The second-order valence-corrected chi connectivity index (χ2v) is 3.01. The van der Waals surface area contributed by atoms with Crippen molar-refractivity contribution in [2.24, 2.45) is 0 Å². The monoisotopic (exact) mass is 181 g/mol. The summed E-state index contributed by atoms with van der Waals surface area (Å²) in [6.45, 7) is 1.49. The highest BCUT2D eigenvalue weighted by Gasteiger charge is 2.23. The second kappa shape index (κ2) is 3.10. The van der Waals surface area contributed by atoms with Crippen LogP contribution in [0, 0.1) is 0 Å². The Morgan fingerprint density at radius 1 is 1.54 bits per heavy atom. The number of allylic oxidation sites excluding steroid dienone is 2. The van der Waals surface area contributed by atoms with E-state index in [1.807, 2.05) is 6.08 Å². The number of hydrogen-bond donors (Lipinski definition) is 4. The maximum absolute atomic E-state index is 10.6. The quantitative estimate of drug-likeness (QED) is 0.416. The van der Waals surface area contributed by atoms with Gasteiger partial charge in [0.2, 0.25) is 0 Å². The minimum Gasteiger partial charge on any atom is -0.477 e. The van der Waals surface area contributed by atoms with Crippen molar-refractivity contribution in [3.63, 3.8) is 0 Å². The first-order chi connectivity index (χ1) is 6.27. The van der Waals surface area contributed by atoms with Crippen LogP contribution in [0.3, 0.4) is 0 Å². The number of aliphatic carboxylic acids is 1. The molecular weight excluding hydrogens is 170 g/mol. The third-order valence-electron chi connectivity index (χ3n) is 2.13. The smallest absolute Gasteiger partial charge is 0.351 e. The summed E-state index contributed by atoms with van der Waals surface area (Å²) in [5.41, 5.74) is 1.29. The average molecular weight is 181 g/mol. The molecule has 0 aromatic heterocycles. The zero-order valence-electron chi connectivity index (χ0n) is 7.00. The highest BCUT2D eigenvalue weighted by Crippen LogP contribution is 2.10. The topological polar surface area (TPSA) is 73.4 Å². The molecular formula is C8H11N3O2. The van der Waals surface area contributed by atoms with Crippen LogP contribution in [0.2, 0.25) is 0 Å². The zero-order chi connectivity index (χ0) is 9.26. The van der Waals surface area contributed by atoms with Gasteiger partial charge in [-0.1, -0.05) is 0 Å². The van der Waals surface area contributed by atoms with Gasteiger partial charge < -0.3 is 15.7 Å². The number of carbonyl (C=O) groups is 1. The van der Waals surface area contributed by atoms with Gasteiger partial charge in [-0.15, -0.1) is 0 Å². The van der Waals surface area contributed by atoms with Gasteiger partial charge in [-0.2, -0.15) is 0 Å². The van der Waals surface area contributed by atoms with Crippen LogP contribution < -0.4 is 16.0 Å². The molecule has 2 rings (SSSR count). The Hall–Kier alpha value is -1.49. The van der Waals surface area contributed by atoms with Gasteiger partial charge in [-0.3, -0.25) is 5.32 Å². The van der Waals surface area contributed by atoms with Crippen LogP contribution in [0.25, 0.3) is 0 Å². The standard InChI is InChI=1S/C8H11N3O2/c12-8(13)6-2-1-5-7(11-6)3-9-4-10-5/h1-2,7,9-11H,3-4H2,(H,12,13). The predicted octanol–water partition coefficient (Wildman–Crippen LogP) is -1.04. The molecule has 2 aliphatic rings. The Morgan fingerprint density at radius 3 is 3.15 bits per heavy atom. The number of rotatable bonds is 1. The van der Waals surface area contributed by atoms with Gasteiger partial charge in [0.1, 0.15) is 5.70 Å². The fourth-order valence-corrected chi connectivity index (χ4v) is 1.46. The molecule has 13 heavy (non-hydrogen) atoms. The van der Waals surface area contributed by atoms with E-state index in [0.717, 1.165) is 18.9 Å². The van der Waals surface area contributed by atoms with Gasteiger partial charge >= 0.3 is 5.97 Å². The van der Waals surface area contributed by atoms with E-state index in [0.29, 0.717) is 0 Å². The number of nitrogens with one attached hydrogen (secondary N) is 3. The van der Waals surface area contributed by atoms with Crippen molar-refractivity contribution in [3.8, 4) is 0 Å². The van der Waals surface area contributed by atoms with Crippen molar-refractivity contribution in [2.45, 2.75) is 6.04 Å². The first-order valence-electron chi connectivity index (χ1n) is 4.13. The van der Waals surface area contributed by atoms with Crippen LogP contribution in [-0.2, 0) is 4.79 Å². The molecule has 5 nitrogen and oxygen atoms in total. The van der Waals surface area contributed by atoms with Gasteiger partial charge in [0, 0.05) is 12.2 Å². The van der Waals surface area contributed by atoms with E-state index < -0.39 is 5.97 Å². The van der Waals surface area contributed by atoms with Crippen molar-refractivity contribution in [2.75, 3.05) is 13.2 Å². The Kier molecular flexibility index (Phi) is 1.94. The van der Waals surface area contributed by atoms with Crippen LogP contribution >= 0.6 is 0 Å². The minimum atomic E-state index is -0.916. The largest absolute Gasteiger partial charge is 0.477 e. The third-order valence-corrected chi connectivity index (χ3v) is 2.13. The molecule has 1 atom stereocenters. The summed E-state index contributed by atoms with van der Waals surface area (Å²) in [5, 5.41) is 17.9. The molecule has 2 aliphatic heterocycles. The van der Waals surface area contributed by atoms with E-state index in [9.17, 15) is 4.79 Å². The molecule has 0 saturated carbocycles. The van der Waals surface area contributed by atoms with Crippen LogP contribution in [0.1, 0.15) is 0 Å². The first-order valence-corrected chi connectivity index (χ1v) is 4.13. The van der Waals surface area contributed by atoms with Gasteiger partial charge in [-0.25, -0.2) is 4.79 Å². The van der Waals surface area contributed by atoms with E-state index in [4.69, 9.17) is 5.11 Å². The van der Waals surface area contributed by atoms with Crippen LogP contribution in [0.4, 0.5) is 0 Å². The Morgan fingerprint density at radius 2 is 2.38 bits per heavy atom. The molecule has 0 spiro atoms. The lowest BCUT2D eigenvalue weighted by Crippen LogP contribution is -2.53. The predicted molar refractivity (Wildman–Crippen MR) is 46.7 cm³/mol. The molecule has 0 aromatic rings. The molecule has 0 bridgehead atoms. The highest BCUT2D eigenvalue weighted by atomic mass is 16.4. The Balaban J connectivity index is 2.18. The highest BCUT2D eigenvalue weighted by molar-refractivity contribution is 5.86. The third kappa shape index (κ3) is 1.50. The maximum atomic E-state index is 10.6. The maximum Gasteiger partial charge on any atom is 0.351 e. The van der Waals surface area contributed by atoms with Gasteiger partial charge in [0.15, 0.2) is 0 Å². The molecule has 0 aliphatic carbocycles. The first kappa shape index (κ1) is 8.12. The van der Waals surface area contributed by atoms with Crippen LogP contribution in [0.15, 0.2) is 23.5 Å². The molecule has 1 fully saturated rings. The summed E-state index contributed by atoms with van der Waals surface area (Å²) in [7, 11) is 0. The fraction of sp³-hybridized carbons (Fsp3) is 0.375. The number of dihydropyridines is 1. The molecule has 0 aromatic carbocycles. The van der Waals surface area contributed by atoms with E-state index in [1.165, 1.54) is 0 Å². The van der Waals surface area contributed by atoms with E-state index >= 15 is 0 Å². The summed E-state index contributed by atoms with van der Waals surface area (Å²) in [5.74, 6) is -0.916. The number of hydrogen-bond acceptors (Lipinski definition) is 4. The van der Waals surface area contributed by atoms with Crippen LogP contribution in [0.5, 0.6) is 0 Å². The van der Waals surface area contributed by atoms with Crippen molar-refractivity contribution in [1.82, 2.24) is 16.0 Å². The van der Waals surface area contributed by atoms with Crippen LogP contribution in [-0.4, -0.2) is 30.3 Å². The summed E-state index contributed by atoms with van der Waals surface area (Å²) < 4.78 is 0. The zero-order valence-corrected chi connectivity index (χ0v) is 7.00. The summed E-state index contributed by atoms with van der Waals surface area (Å²) in [6.07, 6.45) is 3.39. The lowest BCUT2D eigenvalue weighted by molar-refractivity contribution is -0.133. The lowest BCUT2D eigenvalue weighted by Gasteiger charge is -2.31. The molecule has 0 radical (unpaired) electrons. The fourth-order valence-electron chi connectivity index (χ4n) is 1.46. The van der Waals surface area contributed by atoms with Crippen molar-refractivity contribution < 1.29 is 9.90 Å². The van der Waals surface area contributed by atoms with Crippen molar-refractivity contribution in [1.29, 1.82) is 0 Å². The van der Waals surface area contributed by atoms with Crippen molar-refractivity contribution >= 4 is 5.97 Å². The Labute approximate surface area is 75.5 Å². The number of carboxylic acids is 1. The second-order valence-electron chi connectivity index (χ2n) is 3.01. The van der Waals surface area contributed by atoms with Gasteiger partial charge in [0.05, 0.1) is 12.7 Å². The Bertz CT molecular complexity index is 296. The van der Waals surface area contributed by atoms with Crippen molar-refractivity contribution in [3.05, 3.63) is 23.5 Å². The minimum absolute atomic E-state index is 0.0600. The average Bonchev–Trinajstić information content (AvgIpc) is 2.17. The summed E-state index contributed by atoms with van der Waals surface area (Å²) in [4.78, 5) is 10.6. The van der Waals surface area contributed by atoms with Gasteiger partial charge in [0.25, 0.3) is 0 Å². The molecule has 1 unspecified atom stereocenters. The molecule has 0 amide bonds. The van der Waals surface area contributed by atoms with Gasteiger partial charge in [-0.05, 0) is 12.2 Å². The SMILES string of the molecule is O=C(O)C1=CC=C2NCNCC2N1. The molecule has 2 heterocycles. The molecule has 70 valence electrons. The van der Waals surface area contributed by atoms with E-state index in [1.54, 1.807) is 6.08 Å². The molecule has 5 heteroatoms. The normalized spacial score (nSPS) is 26.0. The number of carboxylic acid groups (broad SMARTS) is 1. The summed E-state index contributed by atoms with van der Waals surface area (Å²) in [6, 6.07) is 0.0600. The number of fused-ring (bicyclic) bond motifs is 1.